The van der Waals surface area contributed by atoms with E-state index in [-0.39, 0.29) is 0 Å². The van der Waals surface area contributed by atoms with E-state index < -0.39 is 0 Å². The van der Waals surface area contributed by atoms with Gasteiger partial charge in [-0.25, -0.2) is 0 Å². The number of thiophene rings is 1. The standard InChI is InChI=1S/C13H14BrNS/c1-15-13(11-6-7-16-9-11)8-10-2-4-12(14)5-3-10/h2-7,9,13,15H,8H2,1H3. The summed E-state index contributed by atoms with van der Waals surface area (Å²) in [6.45, 7) is 0. The average Bonchev–Trinajstić information content (AvgIpc) is 2.82. The first-order valence-electron chi connectivity index (χ1n) is 5.23. The molecule has 2 aromatic rings. The van der Waals surface area contributed by atoms with Crippen LogP contribution in [0, 0.1) is 0 Å². The highest BCUT2D eigenvalue weighted by atomic mass is 79.9. The van der Waals surface area contributed by atoms with Gasteiger partial charge in [0, 0.05) is 10.5 Å². The lowest BCUT2D eigenvalue weighted by atomic mass is 10.0. The van der Waals surface area contributed by atoms with Gasteiger partial charge in [-0.15, -0.1) is 0 Å². The van der Waals surface area contributed by atoms with Crippen LogP contribution < -0.4 is 5.32 Å². The lowest BCUT2D eigenvalue weighted by Crippen LogP contribution is -2.18. The van der Waals surface area contributed by atoms with E-state index in [9.17, 15) is 0 Å². The fourth-order valence-corrected chi connectivity index (χ4v) is 2.69. The molecule has 0 aliphatic heterocycles. The Hall–Kier alpha value is -0.640. The van der Waals surface area contributed by atoms with E-state index in [1.807, 2.05) is 7.05 Å². The van der Waals surface area contributed by atoms with Gasteiger partial charge in [-0.1, -0.05) is 28.1 Å². The third-order valence-electron chi connectivity index (χ3n) is 2.65. The Morgan fingerprint density at radius 2 is 2.00 bits per heavy atom. The Labute approximate surface area is 109 Å². The molecule has 1 N–H and O–H groups in total. The Kier molecular flexibility index (Phi) is 4.16. The van der Waals surface area contributed by atoms with E-state index in [4.69, 9.17) is 0 Å². The third kappa shape index (κ3) is 2.94. The van der Waals surface area contributed by atoms with Gasteiger partial charge in [0.25, 0.3) is 0 Å². The molecule has 2 rings (SSSR count). The number of hydrogen-bond acceptors (Lipinski definition) is 2. The first-order chi connectivity index (χ1) is 7.79. The van der Waals surface area contributed by atoms with E-state index >= 15 is 0 Å². The zero-order chi connectivity index (χ0) is 11.4. The average molecular weight is 296 g/mol. The van der Waals surface area contributed by atoms with Crippen molar-refractivity contribution in [2.45, 2.75) is 12.5 Å². The van der Waals surface area contributed by atoms with Crippen LogP contribution >= 0.6 is 27.3 Å². The molecule has 16 heavy (non-hydrogen) atoms. The van der Waals surface area contributed by atoms with E-state index in [0.29, 0.717) is 6.04 Å². The number of halogens is 1. The normalized spacial score (nSPS) is 12.6. The maximum absolute atomic E-state index is 3.45. The van der Waals surface area contributed by atoms with Crippen LogP contribution in [0.25, 0.3) is 0 Å². The first kappa shape index (κ1) is 11.8. The maximum atomic E-state index is 3.45. The summed E-state index contributed by atoms with van der Waals surface area (Å²) in [5, 5.41) is 7.70. The second-order valence-corrected chi connectivity index (χ2v) is 5.42. The van der Waals surface area contributed by atoms with Crippen LogP contribution in [0.4, 0.5) is 0 Å². The maximum Gasteiger partial charge on any atom is 0.0366 e. The number of benzene rings is 1. The molecule has 0 aliphatic rings. The highest BCUT2D eigenvalue weighted by Gasteiger charge is 2.09. The van der Waals surface area contributed by atoms with Crippen molar-refractivity contribution in [3.05, 3.63) is 56.7 Å². The fraction of sp³-hybridized carbons (Fsp3) is 0.231. The molecule has 0 bridgehead atoms. The van der Waals surface area contributed by atoms with Crippen molar-refractivity contribution in [3.63, 3.8) is 0 Å². The summed E-state index contributed by atoms with van der Waals surface area (Å²) in [7, 11) is 2.02. The number of hydrogen-bond donors (Lipinski definition) is 1. The molecule has 0 saturated carbocycles. The Bertz CT molecular complexity index is 422. The SMILES string of the molecule is CNC(Cc1ccc(Br)cc1)c1ccsc1. The van der Waals surface area contributed by atoms with Gasteiger partial charge >= 0.3 is 0 Å². The molecule has 0 amide bonds. The lowest BCUT2D eigenvalue weighted by molar-refractivity contribution is 0.594. The highest BCUT2D eigenvalue weighted by molar-refractivity contribution is 9.10. The smallest absolute Gasteiger partial charge is 0.0366 e. The summed E-state index contributed by atoms with van der Waals surface area (Å²) in [4.78, 5) is 0. The van der Waals surface area contributed by atoms with E-state index in [1.54, 1.807) is 11.3 Å². The molecule has 1 unspecified atom stereocenters. The van der Waals surface area contributed by atoms with Crippen molar-refractivity contribution in [3.8, 4) is 0 Å². The van der Waals surface area contributed by atoms with Crippen LogP contribution in [0.1, 0.15) is 17.2 Å². The van der Waals surface area contributed by atoms with Crippen molar-refractivity contribution >= 4 is 27.3 Å². The number of rotatable bonds is 4. The zero-order valence-corrected chi connectivity index (χ0v) is 11.5. The monoisotopic (exact) mass is 295 g/mol. The van der Waals surface area contributed by atoms with Gasteiger partial charge < -0.3 is 5.32 Å². The van der Waals surface area contributed by atoms with Crippen LogP contribution in [0.3, 0.4) is 0 Å². The van der Waals surface area contributed by atoms with Crippen LogP contribution in [0.2, 0.25) is 0 Å². The third-order valence-corrected chi connectivity index (χ3v) is 3.88. The van der Waals surface area contributed by atoms with Gasteiger partial charge in [0.1, 0.15) is 0 Å². The zero-order valence-electron chi connectivity index (χ0n) is 9.11. The molecular weight excluding hydrogens is 282 g/mol. The van der Waals surface area contributed by atoms with Gasteiger partial charge in [0.05, 0.1) is 0 Å². The van der Waals surface area contributed by atoms with E-state index in [2.05, 4.69) is 62.3 Å². The van der Waals surface area contributed by atoms with Crippen molar-refractivity contribution in [1.29, 1.82) is 0 Å². The molecule has 1 nitrogen and oxygen atoms in total. The summed E-state index contributed by atoms with van der Waals surface area (Å²) in [5.41, 5.74) is 2.73. The Morgan fingerprint density at radius 3 is 2.56 bits per heavy atom. The molecule has 0 aliphatic carbocycles. The predicted molar refractivity (Wildman–Crippen MR) is 74.0 cm³/mol. The van der Waals surface area contributed by atoms with Crippen molar-refractivity contribution < 1.29 is 0 Å². The van der Waals surface area contributed by atoms with Crippen LogP contribution in [-0.4, -0.2) is 7.05 Å². The van der Waals surface area contributed by atoms with Gasteiger partial charge in [-0.3, -0.25) is 0 Å². The fourth-order valence-electron chi connectivity index (χ4n) is 1.72. The van der Waals surface area contributed by atoms with Gasteiger partial charge in [-0.2, -0.15) is 11.3 Å². The minimum absolute atomic E-state index is 0.410. The molecule has 0 radical (unpaired) electrons. The minimum atomic E-state index is 0.410. The summed E-state index contributed by atoms with van der Waals surface area (Å²) >= 11 is 5.20. The molecular formula is C13H14BrNS. The summed E-state index contributed by atoms with van der Waals surface area (Å²) < 4.78 is 1.13. The van der Waals surface area contributed by atoms with Crippen LogP contribution in [-0.2, 0) is 6.42 Å². The van der Waals surface area contributed by atoms with Crippen molar-refractivity contribution in [2.24, 2.45) is 0 Å². The second kappa shape index (κ2) is 5.62. The topological polar surface area (TPSA) is 12.0 Å². The lowest BCUT2D eigenvalue weighted by Gasteiger charge is -2.14. The van der Waals surface area contributed by atoms with Gasteiger partial charge in [0.15, 0.2) is 0 Å². The first-order valence-corrected chi connectivity index (χ1v) is 6.97. The summed E-state index contributed by atoms with van der Waals surface area (Å²) in [6.07, 6.45) is 1.03. The molecule has 0 spiro atoms. The van der Waals surface area contributed by atoms with Crippen molar-refractivity contribution in [2.75, 3.05) is 7.05 Å². The number of nitrogens with one attached hydrogen (secondary N) is 1. The summed E-state index contributed by atoms with van der Waals surface area (Å²) in [5.74, 6) is 0. The highest BCUT2D eigenvalue weighted by Crippen LogP contribution is 2.21. The summed E-state index contributed by atoms with van der Waals surface area (Å²) in [6, 6.07) is 11.1. The Morgan fingerprint density at radius 1 is 1.25 bits per heavy atom. The van der Waals surface area contributed by atoms with E-state index in [0.717, 1.165) is 10.9 Å². The molecule has 0 saturated heterocycles. The largest absolute Gasteiger partial charge is 0.313 e. The molecule has 1 heterocycles. The molecule has 1 atom stereocenters. The van der Waals surface area contributed by atoms with Crippen LogP contribution in [0.15, 0.2) is 45.6 Å². The minimum Gasteiger partial charge on any atom is -0.313 e. The second-order valence-electron chi connectivity index (χ2n) is 3.73. The molecule has 1 aromatic heterocycles. The molecule has 3 heteroatoms. The Balaban J connectivity index is 2.10. The molecule has 0 fully saturated rings. The van der Waals surface area contributed by atoms with Gasteiger partial charge in [0.2, 0.25) is 0 Å². The molecule has 1 aromatic carbocycles. The molecule has 84 valence electrons. The number of likely N-dealkylation sites (N-methyl/N-ethyl adjacent to an activating group) is 1. The quantitative estimate of drug-likeness (QED) is 0.898. The van der Waals surface area contributed by atoms with Crippen LogP contribution in [0.5, 0.6) is 0 Å². The van der Waals surface area contributed by atoms with Crippen molar-refractivity contribution in [1.82, 2.24) is 5.32 Å². The predicted octanol–water partition coefficient (Wildman–Crippen LogP) is 4.01. The van der Waals surface area contributed by atoms with E-state index in [1.165, 1.54) is 11.1 Å². The van der Waals surface area contributed by atoms with Gasteiger partial charge in [-0.05, 0) is 53.6 Å².